The highest BCUT2D eigenvalue weighted by Crippen LogP contribution is 2.28. The van der Waals surface area contributed by atoms with Gasteiger partial charge in [0.2, 0.25) is 0 Å². The van der Waals surface area contributed by atoms with E-state index in [0.717, 1.165) is 0 Å². The van der Waals surface area contributed by atoms with Crippen molar-refractivity contribution < 1.29 is 14.3 Å². The minimum Gasteiger partial charge on any atom is -0.476 e. The molecular formula is C10H11N3O3. The van der Waals surface area contributed by atoms with E-state index in [2.05, 4.69) is 5.10 Å². The summed E-state index contributed by atoms with van der Waals surface area (Å²) in [6, 6.07) is 3.38. The molecule has 0 unspecified atom stereocenters. The maximum absolute atomic E-state index is 11.0. The molecule has 0 aliphatic rings. The van der Waals surface area contributed by atoms with Gasteiger partial charge >= 0.3 is 5.97 Å². The van der Waals surface area contributed by atoms with Crippen LogP contribution >= 0.6 is 0 Å². The molecule has 84 valence electrons. The summed E-state index contributed by atoms with van der Waals surface area (Å²) >= 11 is 0. The molecule has 0 aromatic carbocycles. The van der Waals surface area contributed by atoms with Crippen LogP contribution < -0.4 is 5.73 Å². The number of furan rings is 1. The van der Waals surface area contributed by atoms with Crippen LogP contribution in [0.3, 0.4) is 0 Å². The van der Waals surface area contributed by atoms with E-state index in [1.54, 1.807) is 19.1 Å². The topological polar surface area (TPSA) is 94.3 Å². The minimum atomic E-state index is -1.09. The number of carbonyl (C=O) groups is 1. The van der Waals surface area contributed by atoms with Gasteiger partial charge < -0.3 is 15.3 Å². The van der Waals surface area contributed by atoms with Gasteiger partial charge in [-0.15, -0.1) is 0 Å². The molecule has 0 atom stereocenters. The number of nitrogen functional groups attached to an aromatic ring is 1. The second-order valence-electron chi connectivity index (χ2n) is 3.21. The molecule has 0 saturated carbocycles. The van der Waals surface area contributed by atoms with Gasteiger partial charge in [0.25, 0.3) is 0 Å². The maximum Gasteiger partial charge on any atom is 0.356 e. The summed E-state index contributed by atoms with van der Waals surface area (Å²) < 4.78 is 6.49. The van der Waals surface area contributed by atoms with Gasteiger partial charge in [0.1, 0.15) is 0 Å². The number of nitrogens with zero attached hydrogens (tertiary/aromatic N) is 2. The number of aromatic nitrogens is 2. The largest absolute Gasteiger partial charge is 0.476 e. The van der Waals surface area contributed by atoms with Crippen LogP contribution in [0.15, 0.2) is 22.8 Å². The van der Waals surface area contributed by atoms with E-state index >= 15 is 0 Å². The number of anilines is 1. The van der Waals surface area contributed by atoms with E-state index in [9.17, 15) is 4.79 Å². The average Bonchev–Trinajstić information content (AvgIpc) is 2.83. The monoisotopic (exact) mass is 221 g/mol. The Balaban J connectivity index is 2.61. The number of rotatable bonds is 3. The summed E-state index contributed by atoms with van der Waals surface area (Å²) in [5.74, 6) is -0.628. The Morgan fingerprint density at radius 1 is 1.69 bits per heavy atom. The van der Waals surface area contributed by atoms with Crippen molar-refractivity contribution in [3.63, 3.8) is 0 Å². The predicted octanol–water partition coefficient (Wildman–Crippen LogP) is 1.44. The maximum atomic E-state index is 11.0. The first-order valence-corrected chi connectivity index (χ1v) is 4.78. The van der Waals surface area contributed by atoms with Crippen LogP contribution in [-0.4, -0.2) is 20.9 Å². The number of hydrogen-bond donors (Lipinski definition) is 2. The molecule has 0 aliphatic heterocycles. The Bertz CT molecular complexity index is 514. The molecule has 0 fully saturated rings. The Labute approximate surface area is 91.3 Å². The number of carboxylic acids is 1. The lowest BCUT2D eigenvalue weighted by molar-refractivity contribution is 0.0684. The molecule has 0 amide bonds. The predicted molar refractivity (Wildman–Crippen MR) is 57.0 cm³/mol. The van der Waals surface area contributed by atoms with Crippen molar-refractivity contribution >= 4 is 11.7 Å². The molecule has 16 heavy (non-hydrogen) atoms. The second kappa shape index (κ2) is 3.73. The molecule has 6 heteroatoms. The third-order valence-corrected chi connectivity index (χ3v) is 2.25. The fourth-order valence-corrected chi connectivity index (χ4v) is 1.53. The van der Waals surface area contributed by atoms with Gasteiger partial charge in [-0.25, -0.2) is 4.79 Å². The third kappa shape index (κ3) is 1.44. The second-order valence-corrected chi connectivity index (χ2v) is 3.21. The third-order valence-electron chi connectivity index (χ3n) is 2.25. The summed E-state index contributed by atoms with van der Waals surface area (Å²) in [4.78, 5) is 11.0. The van der Waals surface area contributed by atoms with Crippen LogP contribution in [0.4, 0.5) is 5.69 Å². The summed E-state index contributed by atoms with van der Waals surface area (Å²) in [5, 5.41) is 13.1. The first-order chi connectivity index (χ1) is 7.65. The molecule has 3 N–H and O–H groups in total. The average molecular weight is 221 g/mol. The fraction of sp³-hybridized carbons (Fsp3) is 0.200. The van der Waals surface area contributed by atoms with Crippen molar-refractivity contribution in [1.29, 1.82) is 0 Å². The van der Waals surface area contributed by atoms with Crippen molar-refractivity contribution in [2.45, 2.75) is 13.5 Å². The Morgan fingerprint density at radius 2 is 2.44 bits per heavy atom. The minimum absolute atomic E-state index is 0.00565. The van der Waals surface area contributed by atoms with Gasteiger partial charge in [-0.2, -0.15) is 5.10 Å². The molecule has 2 heterocycles. The van der Waals surface area contributed by atoms with Gasteiger partial charge in [0, 0.05) is 6.54 Å². The van der Waals surface area contributed by atoms with Gasteiger partial charge in [-0.3, -0.25) is 4.68 Å². The molecule has 0 spiro atoms. The number of hydrogen-bond acceptors (Lipinski definition) is 4. The highest BCUT2D eigenvalue weighted by Gasteiger charge is 2.22. The number of aryl methyl sites for hydroxylation is 1. The zero-order chi connectivity index (χ0) is 11.7. The van der Waals surface area contributed by atoms with E-state index in [0.29, 0.717) is 18.0 Å². The number of carboxylic acid groups (broad SMARTS) is 1. The molecule has 6 nitrogen and oxygen atoms in total. The van der Waals surface area contributed by atoms with Crippen LogP contribution in [0.5, 0.6) is 0 Å². The van der Waals surface area contributed by atoms with E-state index in [1.807, 2.05) is 0 Å². The lowest BCUT2D eigenvalue weighted by atomic mass is 10.2. The summed E-state index contributed by atoms with van der Waals surface area (Å²) in [5.41, 5.74) is 6.24. The van der Waals surface area contributed by atoms with E-state index in [-0.39, 0.29) is 11.4 Å². The molecule has 0 bridgehead atoms. The molecule has 2 aromatic rings. The van der Waals surface area contributed by atoms with Crippen LogP contribution in [0, 0.1) is 0 Å². The number of aromatic carboxylic acids is 1. The summed E-state index contributed by atoms with van der Waals surface area (Å²) in [6.07, 6.45) is 1.49. The summed E-state index contributed by atoms with van der Waals surface area (Å²) in [6.45, 7) is 2.23. The van der Waals surface area contributed by atoms with Crippen LogP contribution in [0.25, 0.3) is 11.5 Å². The van der Waals surface area contributed by atoms with E-state index in [1.165, 1.54) is 10.9 Å². The van der Waals surface area contributed by atoms with Crippen LogP contribution in [-0.2, 0) is 6.54 Å². The Hall–Kier alpha value is -2.24. The zero-order valence-electron chi connectivity index (χ0n) is 8.67. The van der Waals surface area contributed by atoms with Crippen LogP contribution in [0.2, 0.25) is 0 Å². The zero-order valence-corrected chi connectivity index (χ0v) is 8.67. The highest BCUT2D eigenvalue weighted by molar-refractivity contribution is 5.95. The number of nitrogens with two attached hydrogens (primary N) is 1. The SMILES string of the molecule is CCn1nc(-c2ccco2)c(N)c1C(=O)O. The van der Waals surface area contributed by atoms with Crippen molar-refractivity contribution in [1.82, 2.24) is 9.78 Å². The van der Waals surface area contributed by atoms with Crippen LogP contribution in [0.1, 0.15) is 17.4 Å². The fourth-order valence-electron chi connectivity index (χ4n) is 1.53. The molecule has 0 saturated heterocycles. The standard InChI is InChI=1S/C10H11N3O3/c1-2-13-9(10(14)15)7(11)8(12-13)6-4-3-5-16-6/h3-5H,2,11H2,1H3,(H,14,15). The lowest BCUT2D eigenvalue weighted by Gasteiger charge is -1.98. The quantitative estimate of drug-likeness (QED) is 0.817. The normalized spacial score (nSPS) is 10.6. The smallest absolute Gasteiger partial charge is 0.356 e. The molecule has 0 radical (unpaired) electrons. The van der Waals surface area contributed by atoms with E-state index < -0.39 is 5.97 Å². The first kappa shape index (κ1) is 10.3. The Morgan fingerprint density at radius 3 is 2.88 bits per heavy atom. The van der Waals surface area contributed by atoms with Crippen molar-refractivity contribution in [3.05, 3.63) is 24.1 Å². The lowest BCUT2D eigenvalue weighted by Crippen LogP contribution is -2.10. The first-order valence-electron chi connectivity index (χ1n) is 4.78. The molecular weight excluding hydrogens is 210 g/mol. The van der Waals surface area contributed by atoms with Crippen molar-refractivity contribution in [3.8, 4) is 11.5 Å². The van der Waals surface area contributed by atoms with Gasteiger partial charge in [0.15, 0.2) is 17.1 Å². The molecule has 2 rings (SSSR count). The van der Waals surface area contributed by atoms with Gasteiger partial charge in [-0.05, 0) is 19.1 Å². The molecule has 0 aliphatic carbocycles. The van der Waals surface area contributed by atoms with Gasteiger partial charge in [0.05, 0.1) is 12.0 Å². The van der Waals surface area contributed by atoms with Crippen molar-refractivity contribution in [2.75, 3.05) is 5.73 Å². The molecule has 2 aromatic heterocycles. The van der Waals surface area contributed by atoms with E-state index in [4.69, 9.17) is 15.3 Å². The summed E-state index contributed by atoms with van der Waals surface area (Å²) in [7, 11) is 0. The highest BCUT2D eigenvalue weighted by atomic mass is 16.4. The van der Waals surface area contributed by atoms with Gasteiger partial charge in [-0.1, -0.05) is 0 Å². The Kier molecular flexibility index (Phi) is 2.40. The van der Waals surface area contributed by atoms with Crippen molar-refractivity contribution in [2.24, 2.45) is 0 Å².